The predicted molar refractivity (Wildman–Crippen MR) is 103 cm³/mol. The average Bonchev–Trinajstić information content (AvgIpc) is 2.57. The molecule has 0 aromatic heterocycles. The molecule has 1 fully saturated rings. The van der Waals surface area contributed by atoms with Crippen molar-refractivity contribution in [3.63, 3.8) is 0 Å². The highest BCUT2D eigenvalue weighted by Crippen LogP contribution is 2.09. The van der Waals surface area contributed by atoms with Crippen molar-refractivity contribution in [3.05, 3.63) is 35.6 Å². The normalized spacial score (nSPS) is 17.7. The first-order valence-electron chi connectivity index (χ1n) is 9.48. The number of nitrogens with one attached hydrogen (secondary N) is 1. The van der Waals surface area contributed by atoms with E-state index in [-0.39, 0.29) is 30.5 Å². The van der Waals surface area contributed by atoms with Crippen molar-refractivity contribution in [1.29, 1.82) is 0 Å². The molecule has 0 saturated carbocycles. The maximum Gasteiger partial charge on any atom is 0.234 e. The number of nitrogens with zero attached hydrogens (tertiary/aromatic N) is 2. The fourth-order valence-electron chi connectivity index (χ4n) is 3.06. The molecule has 0 aliphatic carbocycles. The highest BCUT2D eigenvalue weighted by Gasteiger charge is 2.22. The van der Waals surface area contributed by atoms with Crippen molar-refractivity contribution in [3.8, 4) is 0 Å². The van der Waals surface area contributed by atoms with Gasteiger partial charge >= 0.3 is 0 Å². The van der Waals surface area contributed by atoms with Gasteiger partial charge in [-0.25, -0.2) is 4.39 Å². The van der Waals surface area contributed by atoms with Crippen LogP contribution in [0.25, 0.3) is 0 Å². The molecule has 152 valence electrons. The molecule has 2 rings (SSSR count). The minimum absolute atomic E-state index is 0.0394. The lowest BCUT2D eigenvalue weighted by atomic mass is 10.1. The lowest BCUT2D eigenvalue weighted by Gasteiger charge is -2.35. The molecule has 6 nitrogen and oxygen atoms in total. The summed E-state index contributed by atoms with van der Waals surface area (Å²) in [6.45, 7) is 10.3. The Morgan fingerprint density at radius 3 is 2.48 bits per heavy atom. The molecule has 0 unspecified atom stereocenters. The molecule has 1 aromatic carbocycles. The standard InChI is InChI=1S/C20H32FN3O3/c1-20(2,3)22-19(26)13-24-10-8-23(9-11-24)12-17(25)15-27-14-16-6-4-5-7-18(16)21/h4-7,17,25H,8-15H2,1-3H3,(H,22,26)/t17-/m1/s1. The Hall–Kier alpha value is -1.54. The molecular formula is C20H32FN3O3. The Kier molecular flexibility index (Phi) is 8.16. The molecule has 1 aliphatic rings. The number of aliphatic hydroxyl groups excluding tert-OH is 1. The van der Waals surface area contributed by atoms with Crippen molar-refractivity contribution < 1.29 is 19.0 Å². The number of amides is 1. The number of rotatable bonds is 8. The molecule has 1 amide bonds. The van der Waals surface area contributed by atoms with E-state index in [4.69, 9.17) is 4.74 Å². The Morgan fingerprint density at radius 2 is 1.85 bits per heavy atom. The van der Waals surface area contributed by atoms with Gasteiger partial charge in [0.2, 0.25) is 5.91 Å². The van der Waals surface area contributed by atoms with Crippen molar-refractivity contribution in [1.82, 2.24) is 15.1 Å². The van der Waals surface area contributed by atoms with Gasteiger partial charge in [-0.2, -0.15) is 0 Å². The van der Waals surface area contributed by atoms with Crippen LogP contribution in [-0.4, -0.2) is 78.3 Å². The maximum atomic E-state index is 13.5. The van der Waals surface area contributed by atoms with E-state index in [9.17, 15) is 14.3 Å². The summed E-state index contributed by atoms with van der Waals surface area (Å²) in [7, 11) is 0. The fourth-order valence-corrected chi connectivity index (χ4v) is 3.06. The number of carbonyl (C=O) groups excluding carboxylic acids is 1. The van der Waals surface area contributed by atoms with Crippen molar-refractivity contribution in [2.45, 2.75) is 39.0 Å². The largest absolute Gasteiger partial charge is 0.389 e. The van der Waals surface area contributed by atoms with Gasteiger partial charge in [0.05, 0.1) is 25.9 Å². The molecular weight excluding hydrogens is 349 g/mol. The molecule has 7 heteroatoms. The monoisotopic (exact) mass is 381 g/mol. The lowest BCUT2D eigenvalue weighted by molar-refractivity contribution is -0.124. The third-order valence-electron chi connectivity index (χ3n) is 4.34. The van der Waals surface area contributed by atoms with Gasteiger partial charge in [0.15, 0.2) is 0 Å². The zero-order chi connectivity index (χ0) is 19.9. The second-order valence-electron chi connectivity index (χ2n) is 8.14. The van der Waals surface area contributed by atoms with E-state index >= 15 is 0 Å². The summed E-state index contributed by atoms with van der Waals surface area (Å²) >= 11 is 0. The molecule has 2 N–H and O–H groups in total. The lowest BCUT2D eigenvalue weighted by Crippen LogP contribution is -2.52. The summed E-state index contributed by atoms with van der Waals surface area (Å²) in [6.07, 6.45) is -0.618. The maximum absolute atomic E-state index is 13.5. The van der Waals surface area contributed by atoms with Crippen LogP contribution in [-0.2, 0) is 16.1 Å². The van der Waals surface area contributed by atoms with Crippen LogP contribution >= 0.6 is 0 Å². The molecule has 1 aromatic rings. The van der Waals surface area contributed by atoms with Crippen molar-refractivity contribution in [2.24, 2.45) is 0 Å². The van der Waals surface area contributed by atoms with Crippen LogP contribution in [0.3, 0.4) is 0 Å². The van der Waals surface area contributed by atoms with Gasteiger partial charge in [0, 0.05) is 43.8 Å². The number of benzene rings is 1. The third-order valence-corrected chi connectivity index (χ3v) is 4.34. The van der Waals surface area contributed by atoms with E-state index < -0.39 is 6.10 Å². The zero-order valence-electron chi connectivity index (χ0n) is 16.6. The number of aliphatic hydroxyl groups is 1. The summed E-state index contributed by atoms with van der Waals surface area (Å²) in [4.78, 5) is 16.3. The topological polar surface area (TPSA) is 65.0 Å². The molecule has 0 radical (unpaired) electrons. The van der Waals surface area contributed by atoms with Crippen LogP contribution in [0.1, 0.15) is 26.3 Å². The third kappa shape index (κ3) is 8.34. The van der Waals surface area contributed by atoms with Gasteiger partial charge in [-0.1, -0.05) is 18.2 Å². The first-order valence-corrected chi connectivity index (χ1v) is 9.48. The van der Waals surface area contributed by atoms with Gasteiger partial charge in [-0.3, -0.25) is 14.6 Å². The Labute approximate surface area is 161 Å². The molecule has 1 atom stereocenters. The summed E-state index contributed by atoms with van der Waals surface area (Å²) in [5.74, 6) is -0.254. The highest BCUT2D eigenvalue weighted by molar-refractivity contribution is 5.78. The second-order valence-corrected chi connectivity index (χ2v) is 8.14. The van der Waals surface area contributed by atoms with E-state index in [0.29, 0.717) is 18.7 Å². The van der Waals surface area contributed by atoms with Crippen LogP contribution in [0.2, 0.25) is 0 Å². The summed E-state index contributed by atoms with van der Waals surface area (Å²) in [5.41, 5.74) is 0.276. The molecule has 0 bridgehead atoms. The van der Waals surface area contributed by atoms with Crippen molar-refractivity contribution in [2.75, 3.05) is 45.9 Å². The number of carbonyl (C=O) groups is 1. The van der Waals surface area contributed by atoms with E-state index in [1.54, 1.807) is 18.2 Å². The fraction of sp³-hybridized carbons (Fsp3) is 0.650. The quantitative estimate of drug-likeness (QED) is 0.709. The SMILES string of the molecule is CC(C)(C)NC(=O)CN1CCN(C[C@@H](O)COCc2ccccc2F)CC1. The summed E-state index contributed by atoms with van der Waals surface area (Å²) < 4.78 is 19.0. The van der Waals surface area contributed by atoms with Crippen LogP contribution < -0.4 is 5.32 Å². The molecule has 1 heterocycles. The summed E-state index contributed by atoms with van der Waals surface area (Å²) in [6, 6.07) is 6.48. The number of halogens is 1. The molecule has 0 spiro atoms. The minimum Gasteiger partial charge on any atom is -0.389 e. The Morgan fingerprint density at radius 1 is 1.22 bits per heavy atom. The van der Waals surface area contributed by atoms with Crippen molar-refractivity contribution >= 4 is 5.91 Å². The number of hydrogen-bond donors (Lipinski definition) is 2. The first kappa shape index (κ1) is 21.8. The number of hydrogen-bond acceptors (Lipinski definition) is 5. The van der Waals surface area contributed by atoms with E-state index in [1.807, 2.05) is 20.8 Å². The van der Waals surface area contributed by atoms with Gasteiger partial charge in [-0.05, 0) is 26.8 Å². The molecule has 1 saturated heterocycles. The van der Waals surface area contributed by atoms with Gasteiger partial charge < -0.3 is 15.2 Å². The van der Waals surface area contributed by atoms with Crippen LogP contribution in [0.5, 0.6) is 0 Å². The Balaban J connectivity index is 1.62. The average molecular weight is 381 g/mol. The number of piperazine rings is 1. The van der Waals surface area contributed by atoms with Crippen LogP contribution in [0.15, 0.2) is 24.3 Å². The van der Waals surface area contributed by atoms with E-state index in [1.165, 1.54) is 6.07 Å². The summed E-state index contributed by atoms with van der Waals surface area (Å²) in [5, 5.41) is 13.1. The zero-order valence-corrected chi connectivity index (χ0v) is 16.6. The number of β-amino-alcohol motifs (C(OH)–C–C–N with tert-alkyl or cyclic N) is 1. The van der Waals surface area contributed by atoms with E-state index in [2.05, 4.69) is 15.1 Å². The second kappa shape index (κ2) is 10.1. The molecule has 27 heavy (non-hydrogen) atoms. The van der Waals surface area contributed by atoms with Gasteiger partial charge in [0.1, 0.15) is 5.82 Å². The predicted octanol–water partition coefficient (Wildman–Crippen LogP) is 1.24. The van der Waals surface area contributed by atoms with Crippen LogP contribution in [0, 0.1) is 5.82 Å². The minimum atomic E-state index is -0.618. The first-order chi connectivity index (χ1) is 12.7. The Bertz CT molecular complexity index is 598. The van der Waals surface area contributed by atoms with E-state index in [0.717, 1.165) is 26.2 Å². The highest BCUT2D eigenvalue weighted by atomic mass is 19.1. The smallest absolute Gasteiger partial charge is 0.234 e. The molecule has 1 aliphatic heterocycles. The van der Waals surface area contributed by atoms with Gasteiger partial charge in [-0.15, -0.1) is 0 Å². The van der Waals surface area contributed by atoms with Gasteiger partial charge in [0.25, 0.3) is 0 Å². The van der Waals surface area contributed by atoms with Crippen LogP contribution in [0.4, 0.5) is 4.39 Å². The number of ether oxygens (including phenoxy) is 1.